The Bertz CT molecular complexity index is 1030. The molecule has 0 radical (unpaired) electrons. The van der Waals surface area contributed by atoms with Gasteiger partial charge < -0.3 is 15.4 Å². The molecule has 32 heavy (non-hydrogen) atoms. The smallest absolute Gasteiger partial charge is 0.144 e. The van der Waals surface area contributed by atoms with Gasteiger partial charge in [-0.2, -0.15) is 0 Å². The zero-order valence-electron chi connectivity index (χ0n) is 19.3. The van der Waals surface area contributed by atoms with Gasteiger partial charge in [0.15, 0.2) is 0 Å². The van der Waals surface area contributed by atoms with E-state index in [9.17, 15) is 0 Å². The van der Waals surface area contributed by atoms with Crippen LogP contribution in [0.3, 0.4) is 0 Å². The lowest BCUT2D eigenvalue weighted by molar-refractivity contribution is 0.309. The number of anilines is 1. The number of methoxy groups -OCH3 is 1. The van der Waals surface area contributed by atoms with E-state index in [4.69, 9.17) is 14.7 Å². The Morgan fingerprint density at radius 2 is 1.75 bits per heavy atom. The second-order valence-corrected chi connectivity index (χ2v) is 8.47. The minimum Gasteiger partial charge on any atom is -0.497 e. The summed E-state index contributed by atoms with van der Waals surface area (Å²) in [6.45, 7) is 3.65. The van der Waals surface area contributed by atoms with Crippen molar-refractivity contribution in [3.63, 3.8) is 0 Å². The Labute approximate surface area is 191 Å². The van der Waals surface area contributed by atoms with Crippen LogP contribution < -0.4 is 15.4 Å². The quantitative estimate of drug-likeness (QED) is 0.555. The Kier molecular flexibility index (Phi) is 7.35. The van der Waals surface area contributed by atoms with E-state index < -0.39 is 0 Å². The van der Waals surface area contributed by atoms with E-state index in [1.165, 1.54) is 11.1 Å². The van der Waals surface area contributed by atoms with Crippen molar-refractivity contribution in [3.8, 4) is 16.9 Å². The van der Waals surface area contributed by atoms with Crippen molar-refractivity contribution in [1.29, 1.82) is 0 Å². The first-order chi connectivity index (χ1) is 15.6. The average molecular weight is 432 g/mol. The molecule has 0 spiro atoms. The number of aromatic nitrogens is 2. The number of nitrogens with one attached hydrogen (secondary N) is 2. The highest BCUT2D eigenvalue weighted by molar-refractivity contribution is 5.65. The topological polar surface area (TPSA) is 62.3 Å². The van der Waals surface area contributed by atoms with Gasteiger partial charge in [0.25, 0.3) is 0 Å². The van der Waals surface area contributed by atoms with E-state index in [1.807, 2.05) is 19.2 Å². The molecule has 1 aliphatic heterocycles. The van der Waals surface area contributed by atoms with Crippen LogP contribution in [0.2, 0.25) is 0 Å². The molecule has 1 fully saturated rings. The fourth-order valence-electron chi connectivity index (χ4n) is 4.30. The summed E-state index contributed by atoms with van der Waals surface area (Å²) in [6, 6.07) is 19.0. The number of hydrogen-bond acceptors (Lipinski definition) is 6. The van der Waals surface area contributed by atoms with Gasteiger partial charge >= 0.3 is 0 Å². The van der Waals surface area contributed by atoms with Crippen LogP contribution in [0.1, 0.15) is 35.8 Å². The predicted molar refractivity (Wildman–Crippen MR) is 130 cm³/mol. The van der Waals surface area contributed by atoms with Crippen molar-refractivity contribution in [1.82, 2.24) is 20.2 Å². The molecule has 0 unspecified atom stereocenters. The average Bonchev–Trinajstić information content (AvgIpc) is 2.84. The molecule has 0 bridgehead atoms. The molecule has 4 rings (SSSR count). The highest BCUT2D eigenvalue weighted by Gasteiger charge is 2.18. The fourth-order valence-corrected chi connectivity index (χ4v) is 4.30. The van der Waals surface area contributed by atoms with Gasteiger partial charge in [-0.1, -0.05) is 30.3 Å². The molecule has 168 valence electrons. The minimum absolute atomic E-state index is 0.509. The lowest BCUT2D eigenvalue weighted by Gasteiger charge is -2.23. The molecule has 1 aliphatic rings. The molecule has 3 aromatic rings. The van der Waals surface area contributed by atoms with E-state index in [0.717, 1.165) is 61.1 Å². The van der Waals surface area contributed by atoms with Crippen molar-refractivity contribution in [3.05, 3.63) is 71.7 Å². The fraction of sp³-hybridized carbons (Fsp3) is 0.385. The van der Waals surface area contributed by atoms with Crippen molar-refractivity contribution in [2.45, 2.75) is 31.8 Å². The zero-order valence-corrected chi connectivity index (χ0v) is 19.3. The second kappa shape index (κ2) is 10.6. The van der Waals surface area contributed by atoms with Crippen LogP contribution in [-0.2, 0) is 13.1 Å². The summed E-state index contributed by atoms with van der Waals surface area (Å²) in [6.07, 6.45) is 2.26. The van der Waals surface area contributed by atoms with Crippen LogP contribution in [0.15, 0.2) is 54.6 Å². The number of piperidine rings is 1. The van der Waals surface area contributed by atoms with Crippen molar-refractivity contribution >= 4 is 5.82 Å². The summed E-state index contributed by atoms with van der Waals surface area (Å²) in [5, 5.41) is 6.64. The third-order valence-corrected chi connectivity index (χ3v) is 6.00. The highest BCUT2D eigenvalue weighted by atomic mass is 16.5. The summed E-state index contributed by atoms with van der Waals surface area (Å²) in [5.74, 6) is 3.15. The minimum atomic E-state index is 0.509. The molecule has 0 aliphatic carbocycles. The first-order valence-electron chi connectivity index (χ1n) is 11.3. The molecule has 0 saturated carbocycles. The first-order valence-corrected chi connectivity index (χ1v) is 11.3. The molecule has 1 saturated heterocycles. The van der Waals surface area contributed by atoms with Gasteiger partial charge in [-0.05, 0) is 67.9 Å². The summed E-state index contributed by atoms with van der Waals surface area (Å²) in [7, 11) is 5.75. The molecule has 0 amide bonds. The Morgan fingerprint density at radius 3 is 2.50 bits per heavy atom. The van der Waals surface area contributed by atoms with Crippen LogP contribution in [0, 0.1) is 0 Å². The molecule has 2 aromatic carbocycles. The monoisotopic (exact) mass is 431 g/mol. The van der Waals surface area contributed by atoms with Crippen LogP contribution >= 0.6 is 0 Å². The van der Waals surface area contributed by atoms with Crippen LogP contribution in [0.4, 0.5) is 5.82 Å². The maximum absolute atomic E-state index is 5.38. The molecular formula is C26H33N5O. The molecule has 6 heteroatoms. The van der Waals surface area contributed by atoms with E-state index in [0.29, 0.717) is 12.5 Å². The predicted octanol–water partition coefficient (Wildman–Crippen LogP) is 4.29. The normalized spacial score (nSPS) is 14.5. The largest absolute Gasteiger partial charge is 0.497 e. The number of rotatable bonds is 8. The maximum atomic E-state index is 5.38. The van der Waals surface area contributed by atoms with Crippen LogP contribution in [0.25, 0.3) is 11.1 Å². The van der Waals surface area contributed by atoms with E-state index in [1.54, 1.807) is 7.11 Å². The lowest BCUT2D eigenvalue weighted by atomic mass is 9.94. The lowest BCUT2D eigenvalue weighted by Crippen LogP contribution is -2.27. The third-order valence-electron chi connectivity index (χ3n) is 6.00. The molecule has 1 aromatic heterocycles. The Hall–Kier alpha value is -2.96. The van der Waals surface area contributed by atoms with Gasteiger partial charge in [-0.25, -0.2) is 9.97 Å². The van der Waals surface area contributed by atoms with Gasteiger partial charge in [0.05, 0.1) is 13.7 Å². The first kappa shape index (κ1) is 22.2. The summed E-state index contributed by atoms with van der Waals surface area (Å²) in [4.78, 5) is 11.9. The molecule has 6 nitrogen and oxygen atoms in total. The van der Waals surface area contributed by atoms with E-state index >= 15 is 0 Å². The van der Waals surface area contributed by atoms with Crippen molar-refractivity contribution < 1.29 is 4.74 Å². The van der Waals surface area contributed by atoms with Gasteiger partial charge in [0.2, 0.25) is 0 Å². The van der Waals surface area contributed by atoms with Crippen LogP contribution in [0.5, 0.6) is 5.75 Å². The van der Waals surface area contributed by atoms with Gasteiger partial charge in [-0.3, -0.25) is 4.90 Å². The van der Waals surface area contributed by atoms with Crippen molar-refractivity contribution in [2.75, 3.05) is 39.6 Å². The van der Waals surface area contributed by atoms with E-state index in [2.05, 4.69) is 65.0 Å². The van der Waals surface area contributed by atoms with Gasteiger partial charge in [0.1, 0.15) is 17.4 Å². The van der Waals surface area contributed by atoms with Gasteiger partial charge in [-0.15, -0.1) is 0 Å². The number of benzene rings is 2. The SMILES string of the molecule is CNc1cc(C2CCNCC2)nc(CN(C)Cc2cccc(-c3cccc(OC)c3)c2)n1. The summed E-state index contributed by atoms with van der Waals surface area (Å²) < 4.78 is 5.38. The molecule has 0 atom stereocenters. The number of ether oxygens (including phenoxy) is 1. The summed E-state index contributed by atoms with van der Waals surface area (Å²) >= 11 is 0. The molecule has 2 N–H and O–H groups in total. The maximum Gasteiger partial charge on any atom is 0.144 e. The number of hydrogen-bond donors (Lipinski definition) is 2. The van der Waals surface area contributed by atoms with E-state index in [-0.39, 0.29) is 0 Å². The zero-order chi connectivity index (χ0) is 22.3. The molecular weight excluding hydrogens is 398 g/mol. The third kappa shape index (κ3) is 5.64. The second-order valence-electron chi connectivity index (χ2n) is 8.47. The molecule has 2 heterocycles. The number of nitrogens with zero attached hydrogens (tertiary/aromatic N) is 3. The Balaban J connectivity index is 1.47. The summed E-state index contributed by atoms with van der Waals surface area (Å²) in [5.41, 5.74) is 4.77. The van der Waals surface area contributed by atoms with Gasteiger partial charge in [0, 0.05) is 31.3 Å². The van der Waals surface area contributed by atoms with Crippen molar-refractivity contribution in [2.24, 2.45) is 0 Å². The standard InChI is InChI=1S/C26H33N5O/c1-27-25-16-24(20-10-12-28-13-11-20)29-26(30-25)18-31(2)17-19-6-4-7-21(14-19)22-8-5-9-23(15-22)32-3/h4-9,14-16,20,28H,10-13,17-18H2,1-3H3,(H,27,29,30). The highest BCUT2D eigenvalue weighted by Crippen LogP contribution is 2.26. The van der Waals surface area contributed by atoms with Crippen LogP contribution in [-0.4, -0.2) is 49.2 Å². The Morgan fingerprint density at radius 1 is 1.00 bits per heavy atom.